The minimum atomic E-state index is 0. The van der Waals surface area contributed by atoms with E-state index in [0.29, 0.717) is 12.0 Å². The van der Waals surface area contributed by atoms with Crippen molar-refractivity contribution in [2.45, 2.75) is 46.1 Å². The molecule has 140 valence electrons. The number of aryl methyl sites for hydroxylation is 2. The van der Waals surface area contributed by atoms with Crippen molar-refractivity contribution in [3.63, 3.8) is 0 Å². The molecule has 1 atom stereocenters. The molecule has 1 aromatic heterocycles. The second-order valence-corrected chi connectivity index (χ2v) is 6.08. The van der Waals surface area contributed by atoms with E-state index in [1.165, 1.54) is 5.56 Å². The van der Waals surface area contributed by atoms with Crippen molar-refractivity contribution in [3.05, 3.63) is 18.0 Å². The van der Waals surface area contributed by atoms with Crippen LogP contribution < -0.4 is 10.6 Å². The molecule has 0 aromatic carbocycles. The number of ether oxygens (including phenoxy) is 1. The van der Waals surface area contributed by atoms with Gasteiger partial charge in [0.15, 0.2) is 5.96 Å². The minimum absolute atomic E-state index is 0. The van der Waals surface area contributed by atoms with Crippen molar-refractivity contribution >= 4 is 29.9 Å². The Kier molecular flexibility index (Phi) is 13.0. The van der Waals surface area contributed by atoms with E-state index in [1.54, 1.807) is 7.05 Å². The lowest BCUT2D eigenvalue weighted by atomic mass is 10.0. The van der Waals surface area contributed by atoms with Crippen LogP contribution in [-0.4, -0.2) is 48.6 Å². The van der Waals surface area contributed by atoms with Crippen LogP contribution in [0.25, 0.3) is 0 Å². The van der Waals surface area contributed by atoms with Gasteiger partial charge in [0.1, 0.15) is 0 Å². The summed E-state index contributed by atoms with van der Waals surface area (Å²) in [4.78, 5) is 4.26. The number of hydrogen-bond acceptors (Lipinski definition) is 3. The normalized spacial score (nSPS) is 12.8. The van der Waals surface area contributed by atoms with Crippen LogP contribution in [0.1, 0.15) is 39.2 Å². The summed E-state index contributed by atoms with van der Waals surface area (Å²) in [6.45, 7) is 8.98. The fraction of sp³-hybridized carbons (Fsp3) is 0.765. The zero-order chi connectivity index (χ0) is 17.1. The van der Waals surface area contributed by atoms with Crippen molar-refractivity contribution in [3.8, 4) is 0 Å². The van der Waals surface area contributed by atoms with E-state index in [-0.39, 0.29) is 24.0 Å². The topological polar surface area (TPSA) is 63.5 Å². The van der Waals surface area contributed by atoms with E-state index in [9.17, 15) is 0 Å². The first-order chi connectivity index (χ1) is 11.1. The van der Waals surface area contributed by atoms with Crippen molar-refractivity contribution in [1.82, 2.24) is 20.4 Å². The molecule has 1 aromatic rings. The highest BCUT2D eigenvalue weighted by Gasteiger charge is 2.12. The third kappa shape index (κ3) is 9.46. The Balaban J connectivity index is 0.00000529. The summed E-state index contributed by atoms with van der Waals surface area (Å²) in [5, 5.41) is 10.9. The Bertz CT molecular complexity index is 462. The number of nitrogens with zero attached hydrogens (tertiary/aromatic N) is 3. The predicted molar refractivity (Wildman–Crippen MR) is 111 cm³/mol. The maximum atomic E-state index is 5.76. The molecule has 0 radical (unpaired) electrons. The van der Waals surface area contributed by atoms with Crippen LogP contribution in [0.3, 0.4) is 0 Å². The average Bonchev–Trinajstić information content (AvgIpc) is 2.93. The lowest BCUT2D eigenvalue weighted by molar-refractivity contribution is 0.0258. The van der Waals surface area contributed by atoms with Gasteiger partial charge in [0.05, 0.1) is 12.3 Å². The highest BCUT2D eigenvalue weighted by Crippen LogP contribution is 2.09. The van der Waals surface area contributed by atoms with Crippen LogP contribution in [0.4, 0.5) is 0 Å². The average molecular weight is 451 g/mol. The van der Waals surface area contributed by atoms with Crippen molar-refractivity contribution in [2.24, 2.45) is 18.0 Å². The second kappa shape index (κ2) is 13.5. The molecular weight excluding hydrogens is 417 g/mol. The lowest BCUT2D eigenvalue weighted by Crippen LogP contribution is -2.39. The first kappa shape index (κ1) is 23.2. The molecule has 0 fully saturated rings. The molecule has 0 bridgehead atoms. The monoisotopic (exact) mass is 451 g/mol. The smallest absolute Gasteiger partial charge is 0.190 e. The molecule has 1 rings (SSSR count). The van der Waals surface area contributed by atoms with Gasteiger partial charge in [-0.1, -0.05) is 13.8 Å². The molecule has 0 aliphatic heterocycles. The van der Waals surface area contributed by atoms with Crippen LogP contribution in [0, 0.1) is 5.92 Å². The van der Waals surface area contributed by atoms with Crippen molar-refractivity contribution < 1.29 is 4.74 Å². The summed E-state index contributed by atoms with van der Waals surface area (Å²) in [5.41, 5.74) is 1.27. The fourth-order valence-corrected chi connectivity index (χ4v) is 2.48. The molecule has 0 aliphatic carbocycles. The molecule has 1 unspecified atom stereocenters. The van der Waals surface area contributed by atoms with E-state index in [2.05, 4.69) is 40.8 Å². The maximum absolute atomic E-state index is 5.76. The fourth-order valence-electron chi connectivity index (χ4n) is 2.48. The van der Waals surface area contributed by atoms with E-state index < -0.39 is 0 Å². The number of rotatable bonds is 10. The molecule has 0 saturated carbocycles. The summed E-state index contributed by atoms with van der Waals surface area (Å²) < 4.78 is 7.60. The van der Waals surface area contributed by atoms with Crippen LogP contribution >= 0.6 is 24.0 Å². The summed E-state index contributed by atoms with van der Waals surface area (Å²) >= 11 is 0. The number of nitrogens with one attached hydrogen (secondary N) is 2. The van der Waals surface area contributed by atoms with Crippen LogP contribution in [0.5, 0.6) is 0 Å². The van der Waals surface area contributed by atoms with Gasteiger partial charge in [0, 0.05) is 40.0 Å². The molecule has 7 heteroatoms. The Morgan fingerprint density at radius 1 is 1.33 bits per heavy atom. The molecule has 0 amide bonds. The van der Waals surface area contributed by atoms with Crippen molar-refractivity contribution in [2.75, 3.05) is 26.7 Å². The van der Waals surface area contributed by atoms with E-state index in [0.717, 1.165) is 44.9 Å². The molecule has 0 saturated heterocycles. The molecular formula is C17H34IN5O. The summed E-state index contributed by atoms with van der Waals surface area (Å²) in [6.07, 6.45) is 7.36. The third-order valence-corrected chi connectivity index (χ3v) is 3.76. The minimum Gasteiger partial charge on any atom is -0.378 e. The maximum Gasteiger partial charge on any atom is 0.190 e. The predicted octanol–water partition coefficient (Wildman–Crippen LogP) is 2.59. The summed E-state index contributed by atoms with van der Waals surface area (Å²) in [6, 6.07) is 0. The molecule has 24 heavy (non-hydrogen) atoms. The van der Waals surface area contributed by atoms with Crippen molar-refractivity contribution in [1.29, 1.82) is 0 Å². The number of halogens is 1. The molecule has 6 nitrogen and oxygen atoms in total. The lowest BCUT2D eigenvalue weighted by Gasteiger charge is -2.21. The highest BCUT2D eigenvalue weighted by atomic mass is 127. The van der Waals surface area contributed by atoms with Gasteiger partial charge in [-0.2, -0.15) is 5.10 Å². The van der Waals surface area contributed by atoms with E-state index >= 15 is 0 Å². The Morgan fingerprint density at radius 3 is 2.58 bits per heavy atom. The summed E-state index contributed by atoms with van der Waals surface area (Å²) in [5.74, 6) is 1.39. The Morgan fingerprint density at radius 2 is 2.04 bits per heavy atom. The number of guanidine groups is 1. The molecule has 1 heterocycles. The second-order valence-electron chi connectivity index (χ2n) is 6.08. The molecule has 2 N–H and O–H groups in total. The van der Waals surface area contributed by atoms with Gasteiger partial charge in [-0.05, 0) is 37.7 Å². The van der Waals surface area contributed by atoms with Crippen LogP contribution in [0.2, 0.25) is 0 Å². The summed E-state index contributed by atoms with van der Waals surface area (Å²) in [7, 11) is 3.75. The zero-order valence-corrected chi connectivity index (χ0v) is 18.0. The Labute approximate surface area is 163 Å². The van der Waals surface area contributed by atoms with Gasteiger partial charge in [0.2, 0.25) is 0 Å². The van der Waals surface area contributed by atoms with Crippen LogP contribution in [0.15, 0.2) is 17.4 Å². The van der Waals surface area contributed by atoms with Gasteiger partial charge in [0.25, 0.3) is 0 Å². The quantitative estimate of drug-likeness (QED) is 0.249. The largest absolute Gasteiger partial charge is 0.378 e. The highest BCUT2D eigenvalue weighted by molar-refractivity contribution is 14.0. The van der Waals surface area contributed by atoms with E-state index in [1.807, 2.05) is 24.9 Å². The van der Waals surface area contributed by atoms with E-state index in [4.69, 9.17) is 4.74 Å². The molecule has 0 aliphatic rings. The van der Waals surface area contributed by atoms with Gasteiger partial charge < -0.3 is 15.4 Å². The SMILES string of the molecule is CCOC(CCNC(=NC)NCCCc1cnn(C)c1)C(C)C.I. The zero-order valence-electron chi connectivity index (χ0n) is 15.7. The van der Waals surface area contributed by atoms with Gasteiger partial charge in [-0.3, -0.25) is 9.67 Å². The van der Waals surface area contributed by atoms with Crippen LogP contribution in [-0.2, 0) is 18.2 Å². The van der Waals surface area contributed by atoms with Gasteiger partial charge >= 0.3 is 0 Å². The first-order valence-electron chi connectivity index (χ1n) is 8.60. The number of hydrogen-bond donors (Lipinski definition) is 2. The number of aliphatic imine (C=N–C) groups is 1. The van der Waals surface area contributed by atoms with Gasteiger partial charge in [-0.15, -0.1) is 24.0 Å². The molecule has 0 spiro atoms. The number of aromatic nitrogens is 2. The Hall–Kier alpha value is -0.830. The van der Waals surface area contributed by atoms with Gasteiger partial charge in [-0.25, -0.2) is 0 Å². The third-order valence-electron chi connectivity index (χ3n) is 3.76. The first-order valence-corrected chi connectivity index (χ1v) is 8.60. The standard InChI is InChI=1S/C17H33N5O.HI/c1-6-23-16(14(2)3)9-11-20-17(18-4)19-10-7-8-15-12-21-22(5)13-15;/h12-14,16H,6-11H2,1-5H3,(H2,18,19,20);1H.